The van der Waals surface area contributed by atoms with Crippen molar-refractivity contribution in [1.29, 1.82) is 0 Å². The van der Waals surface area contributed by atoms with Gasteiger partial charge in [-0.3, -0.25) is 0 Å². The third kappa shape index (κ3) is 3.25. The van der Waals surface area contributed by atoms with Gasteiger partial charge in [0.05, 0.1) is 0 Å². The normalized spacial score (nSPS) is 26.6. The summed E-state index contributed by atoms with van der Waals surface area (Å²) in [6, 6.07) is -15.1. The Morgan fingerprint density at radius 2 is 1.07 bits per heavy atom. The van der Waals surface area contributed by atoms with Gasteiger partial charge in [-0.15, -0.1) is 4.90 Å². The van der Waals surface area contributed by atoms with Crippen molar-refractivity contribution in [2.45, 2.75) is 42.2 Å². The average Bonchev–Trinajstić information content (AvgIpc) is 2.33. The zero-order valence-electron chi connectivity index (χ0n) is 12.0. The topological polar surface area (TPSA) is 49.8 Å². The summed E-state index contributed by atoms with van der Waals surface area (Å²) in [6.07, 6.45) is -22.0. The minimum absolute atomic E-state index is 0. The molecule has 0 aromatic heterocycles. The average molecular weight is 448 g/mol. The number of ether oxygens (including phenoxy) is 1. The molecule has 1 saturated heterocycles. The fourth-order valence-corrected chi connectivity index (χ4v) is 1.69. The van der Waals surface area contributed by atoms with Gasteiger partial charge in [0.15, 0.2) is 0 Å². The number of carbonyl (C=O) groups is 1. The van der Waals surface area contributed by atoms with Crippen LogP contribution in [0, 0.1) is 0 Å². The van der Waals surface area contributed by atoms with Crippen LogP contribution >= 0.6 is 0 Å². The van der Waals surface area contributed by atoms with E-state index >= 15 is 0 Å². The number of carboxylic acid groups (broad SMARTS) is 1. The van der Waals surface area contributed by atoms with Gasteiger partial charge in [0.25, 0.3) is 0 Å². The summed E-state index contributed by atoms with van der Waals surface area (Å²) in [5.41, 5.74) is 0. The summed E-state index contributed by atoms with van der Waals surface area (Å²) in [4.78, 5) is 5.84. The Hall–Kier alpha value is -0.590. The van der Waals surface area contributed by atoms with Gasteiger partial charge in [0.2, 0.25) is 0 Å². The third-order valence-electron chi connectivity index (χ3n) is 2.89. The molecule has 1 unspecified atom stereocenters. The van der Waals surface area contributed by atoms with Crippen molar-refractivity contribution in [1.82, 2.24) is 4.90 Å². The van der Waals surface area contributed by atoms with Gasteiger partial charge in [0, 0.05) is 29.6 Å². The molecule has 0 aromatic rings. The molecule has 1 rings (SSSR count). The van der Waals surface area contributed by atoms with Gasteiger partial charge < -0.3 is 5.11 Å². The molecule has 27 heavy (non-hydrogen) atoms. The number of rotatable bonds is 3. The maximum Gasteiger partial charge on any atom is 0.444 e. The first-order valence-corrected chi connectivity index (χ1v) is 5.40. The maximum atomic E-state index is 13.9. The molecule has 0 aliphatic carbocycles. The van der Waals surface area contributed by atoms with Gasteiger partial charge >= 0.3 is 48.2 Å². The number of hydrogen-bond acceptors (Lipinski definition) is 3. The molecule has 0 amide bonds. The first kappa shape index (κ1) is 26.4. The largest absolute Gasteiger partial charge is 0.477 e. The molecule has 0 spiro atoms. The number of alkyl halides is 14. The fraction of sp³-hybridized carbons (Fsp3) is 0.875. The number of carboxylic acids is 1. The van der Waals surface area contributed by atoms with E-state index in [2.05, 4.69) is 0 Å². The summed E-state index contributed by atoms with van der Waals surface area (Å²) in [6.45, 7) is 0. The van der Waals surface area contributed by atoms with Gasteiger partial charge in [-0.05, 0) is 0 Å². The molecule has 4 nitrogen and oxygen atoms in total. The SMILES string of the molecule is O=C(O)C(F)(F)C(F)(N1C(F)(F)C(F)(F)OC(F)(F)C1(F)F)C(F)(F)F.[Na]. The van der Waals surface area contributed by atoms with Crippen LogP contribution in [0.25, 0.3) is 0 Å². The molecular formula is C8HF14NNaO3. The fourth-order valence-electron chi connectivity index (χ4n) is 1.69. The molecule has 1 aliphatic rings. The van der Waals surface area contributed by atoms with Gasteiger partial charge in [-0.25, -0.2) is 13.9 Å². The molecule has 0 bridgehead atoms. The van der Waals surface area contributed by atoms with Crippen molar-refractivity contribution in [3.05, 3.63) is 0 Å². The molecule has 1 heterocycles. The van der Waals surface area contributed by atoms with Gasteiger partial charge in [0.1, 0.15) is 0 Å². The molecule has 1 aliphatic heterocycles. The standard InChI is InChI=1S/C8HF14NO3.Na/c9-2(10,1(24)25)3(11,4(12,13)14)23-5(15,16)7(19,20)26-8(21,22)6(23,17)18;/h(H,24,25);. The van der Waals surface area contributed by atoms with E-state index in [0.29, 0.717) is 0 Å². The van der Waals surface area contributed by atoms with Crippen LogP contribution in [0.5, 0.6) is 0 Å². The van der Waals surface area contributed by atoms with Crippen LogP contribution in [-0.2, 0) is 9.53 Å². The smallest absolute Gasteiger partial charge is 0.444 e. The Bertz CT molecular complexity index is 580. The van der Waals surface area contributed by atoms with Crippen molar-refractivity contribution in [2.24, 2.45) is 0 Å². The van der Waals surface area contributed by atoms with E-state index < -0.39 is 53.1 Å². The Morgan fingerprint density at radius 3 is 1.30 bits per heavy atom. The molecule has 1 fully saturated rings. The minimum Gasteiger partial charge on any atom is -0.477 e. The Labute approximate surface area is 159 Å². The molecule has 19 heteroatoms. The Balaban J connectivity index is 0.00000676. The van der Waals surface area contributed by atoms with Crippen molar-refractivity contribution in [2.75, 3.05) is 0 Å². The second kappa shape index (κ2) is 6.46. The van der Waals surface area contributed by atoms with Crippen LogP contribution in [0.4, 0.5) is 61.5 Å². The Morgan fingerprint density at radius 1 is 0.778 bits per heavy atom. The molecule has 0 saturated carbocycles. The summed E-state index contributed by atoms with van der Waals surface area (Å²) < 4.78 is 184. The number of morpholine rings is 1. The van der Waals surface area contributed by atoms with Crippen LogP contribution in [0.2, 0.25) is 0 Å². The van der Waals surface area contributed by atoms with E-state index in [4.69, 9.17) is 5.11 Å². The zero-order valence-corrected chi connectivity index (χ0v) is 14.0. The number of halogens is 14. The third-order valence-corrected chi connectivity index (χ3v) is 2.89. The van der Waals surface area contributed by atoms with Crippen molar-refractivity contribution < 1.29 is 76.1 Å². The van der Waals surface area contributed by atoms with E-state index in [0.717, 1.165) is 0 Å². The monoisotopic (exact) mass is 448 g/mol. The van der Waals surface area contributed by atoms with Crippen LogP contribution in [0.3, 0.4) is 0 Å². The molecule has 155 valence electrons. The van der Waals surface area contributed by atoms with Gasteiger partial charge in [-0.2, -0.15) is 57.1 Å². The number of aliphatic carboxylic acids is 1. The Kier molecular flexibility index (Phi) is 6.32. The van der Waals surface area contributed by atoms with Crippen LogP contribution in [0.1, 0.15) is 0 Å². The van der Waals surface area contributed by atoms with Crippen molar-refractivity contribution in [3.63, 3.8) is 0 Å². The molecule has 0 aromatic carbocycles. The minimum atomic E-state index is -7.94. The van der Waals surface area contributed by atoms with E-state index in [-0.39, 0.29) is 29.6 Å². The van der Waals surface area contributed by atoms with E-state index in [1.807, 2.05) is 0 Å². The predicted molar refractivity (Wildman–Crippen MR) is 50.9 cm³/mol. The van der Waals surface area contributed by atoms with E-state index in [1.54, 1.807) is 4.74 Å². The van der Waals surface area contributed by atoms with Crippen molar-refractivity contribution >= 4 is 35.5 Å². The quantitative estimate of drug-likeness (QED) is 0.410. The number of hydrogen-bond donors (Lipinski definition) is 1. The van der Waals surface area contributed by atoms with E-state index in [1.165, 1.54) is 0 Å². The first-order valence-electron chi connectivity index (χ1n) is 5.40. The van der Waals surface area contributed by atoms with Crippen LogP contribution in [-0.4, -0.2) is 87.7 Å². The maximum absolute atomic E-state index is 13.9. The molecule has 1 N–H and O–H groups in total. The summed E-state index contributed by atoms with van der Waals surface area (Å²) in [5, 5.41) is 7.86. The zero-order chi connectivity index (χ0) is 21.4. The van der Waals surface area contributed by atoms with Crippen LogP contribution < -0.4 is 0 Å². The second-order valence-corrected chi connectivity index (χ2v) is 4.55. The predicted octanol–water partition coefficient (Wildman–Crippen LogP) is 3.26. The number of nitrogens with zero attached hydrogens (tertiary/aromatic N) is 1. The molecule has 1 radical (unpaired) electrons. The van der Waals surface area contributed by atoms with Crippen LogP contribution in [0.15, 0.2) is 0 Å². The van der Waals surface area contributed by atoms with Crippen molar-refractivity contribution in [3.8, 4) is 0 Å². The first-order chi connectivity index (χ1) is 11.0. The summed E-state index contributed by atoms with van der Waals surface area (Å²) in [5.74, 6) is -19.7. The van der Waals surface area contributed by atoms with E-state index in [9.17, 15) is 66.3 Å². The van der Waals surface area contributed by atoms with Gasteiger partial charge in [-0.1, -0.05) is 0 Å². The summed E-state index contributed by atoms with van der Waals surface area (Å²) in [7, 11) is 0. The molecule has 1 atom stereocenters. The molecular weight excluding hydrogens is 447 g/mol. The second-order valence-electron chi connectivity index (χ2n) is 4.55. The summed E-state index contributed by atoms with van der Waals surface area (Å²) >= 11 is 0.